The first-order chi connectivity index (χ1) is 11.8. The zero-order valence-electron chi connectivity index (χ0n) is 12.4. The predicted octanol–water partition coefficient (Wildman–Crippen LogP) is 1.94. The Hall–Kier alpha value is -2.63. The summed E-state index contributed by atoms with van der Waals surface area (Å²) in [7, 11) is -3.87. The molecular formula is C14H10FN3O5S2. The van der Waals surface area contributed by atoms with Crippen molar-refractivity contribution in [3.05, 3.63) is 53.0 Å². The van der Waals surface area contributed by atoms with Crippen molar-refractivity contribution in [2.24, 2.45) is 5.14 Å². The summed E-state index contributed by atoms with van der Waals surface area (Å²) in [5.74, 6) is -0.892. The second kappa shape index (κ2) is 6.70. The van der Waals surface area contributed by atoms with Crippen LogP contribution in [0.5, 0.6) is 0 Å². The zero-order valence-corrected chi connectivity index (χ0v) is 14.0. The summed E-state index contributed by atoms with van der Waals surface area (Å²) in [5.41, 5.74) is 0.589. The van der Waals surface area contributed by atoms with E-state index >= 15 is 0 Å². The minimum atomic E-state index is -3.87. The Bertz CT molecular complexity index is 1010. The van der Waals surface area contributed by atoms with Gasteiger partial charge in [-0.2, -0.15) is 4.98 Å². The Morgan fingerprint density at radius 2 is 2.04 bits per heavy atom. The highest BCUT2D eigenvalue weighted by atomic mass is 32.2. The van der Waals surface area contributed by atoms with Gasteiger partial charge < -0.3 is 9.26 Å². The lowest BCUT2D eigenvalue weighted by molar-refractivity contribution is 0.0430. The number of hydrogen-bond acceptors (Lipinski definition) is 8. The number of nitrogens with zero attached hydrogens (tertiary/aromatic N) is 2. The second-order valence-corrected chi connectivity index (χ2v) is 7.49. The summed E-state index contributed by atoms with van der Waals surface area (Å²) in [6.45, 7) is -0.298. The van der Waals surface area contributed by atoms with Crippen molar-refractivity contribution in [2.75, 3.05) is 0 Å². The molecule has 0 unspecified atom stereocenters. The van der Waals surface area contributed by atoms with Gasteiger partial charge in [0.05, 0.1) is 5.56 Å². The fraction of sp³-hybridized carbons (Fsp3) is 0.0714. The number of primary sulfonamides is 1. The van der Waals surface area contributed by atoms with E-state index in [4.69, 9.17) is 14.4 Å². The highest BCUT2D eigenvalue weighted by Crippen LogP contribution is 2.20. The highest BCUT2D eigenvalue weighted by molar-refractivity contribution is 7.91. The number of hydrogen-bond donors (Lipinski definition) is 1. The van der Waals surface area contributed by atoms with Gasteiger partial charge in [0, 0.05) is 10.9 Å². The van der Waals surface area contributed by atoms with Crippen molar-refractivity contribution in [1.29, 1.82) is 0 Å². The summed E-state index contributed by atoms with van der Waals surface area (Å²) >= 11 is 0.813. The van der Waals surface area contributed by atoms with Crippen LogP contribution in [0.4, 0.5) is 4.39 Å². The molecule has 8 nitrogen and oxygen atoms in total. The summed E-state index contributed by atoms with van der Waals surface area (Å²) in [6, 6.07) is 6.60. The molecule has 2 N–H and O–H groups in total. The van der Waals surface area contributed by atoms with Gasteiger partial charge in [-0.1, -0.05) is 5.16 Å². The molecule has 0 aliphatic heterocycles. The zero-order chi connectivity index (χ0) is 18.0. The molecular weight excluding hydrogens is 373 g/mol. The number of nitrogens with two attached hydrogens (primary N) is 1. The summed E-state index contributed by atoms with van der Waals surface area (Å²) < 4.78 is 45.1. The van der Waals surface area contributed by atoms with Crippen LogP contribution in [0.1, 0.15) is 16.2 Å². The van der Waals surface area contributed by atoms with E-state index in [9.17, 15) is 17.6 Å². The molecule has 0 saturated carbocycles. The number of aromatic nitrogens is 2. The average Bonchev–Trinajstić information content (AvgIpc) is 3.22. The van der Waals surface area contributed by atoms with Crippen LogP contribution in [0.25, 0.3) is 11.4 Å². The number of benzene rings is 1. The number of rotatable bonds is 5. The summed E-state index contributed by atoms with van der Waals surface area (Å²) in [4.78, 5) is 15.9. The van der Waals surface area contributed by atoms with Crippen molar-refractivity contribution in [3.63, 3.8) is 0 Å². The Kier molecular flexibility index (Phi) is 4.61. The molecule has 0 aliphatic rings. The molecule has 25 heavy (non-hydrogen) atoms. The minimum Gasteiger partial charge on any atom is -0.452 e. The highest BCUT2D eigenvalue weighted by Gasteiger charge is 2.17. The van der Waals surface area contributed by atoms with Crippen LogP contribution in [-0.2, 0) is 21.4 Å². The monoisotopic (exact) mass is 383 g/mol. The number of esters is 1. The topological polar surface area (TPSA) is 125 Å². The molecule has 3 aromatic rings. The fourth-order valence-electron chi connectivity index (χ4n) is 1.81. The second-order valence-electron chi connectivity index (χ2n) is 4.79. The van der Waals surface area contributed by atoms with E-state index in [2.05, 4.69) is 10.1 Å². The lowest BCUT2D eigenvalue weighted by atomic mass is 10.2. The van der Waals surface area contributed by atoms with Crippen LogP contribution in [0.15, 0.2) is 44.4 Å². The molecule has 0 saturated heterocycles. The van der Waals surface area contributed by atoms with Gasteiger partial charge in [0.2, 0.25) is 15.8 Å². The quantitative estimate of drug-likeness (QED) is 0.667. The van der Waals surface area contributed by atoms with E-state index < -0.39 is 21.8 Å². The van der Waals surface area contributed by atoms with Gasteiger partial charge in [-0.05, 0) is 30.3 Å². The first-order valence-electron chi connectivity index (χ1n) is 6.70. The Morgan fingerprint density at radius 1 is 1.32 bits per heavy atom. The average molecular weight is 383 g/mol. The van der Waals surface area contributed by atoms with Crippen LogP contribution in [0.2, 0.25) is 0 Å². The molecule has 0 amide bonds. The van der Waals surface area contributed by atoms with Crippen LogP contribution in [0.3, 0.4) is 0 Å². The largest absolute Gasteiger partial charge is 0.452 e. The Morgan fingerprint density at radius 3 is 2.68 bits per heavy atom. The number of thiophene rings is 1. The van der Waals surface area contributed by atoms with Crippen molar-refractivity contribution in [2.45, 2.75) is 10.8 Å². The first-order valence-corrected chi connectivity index (χ1v) is 9.12. The van der Waals surface area contributed by atoms with Gasteiger partial charge in [0.25, 0.3) is 5.89 Å². The fourth-order valence-corrected chi connectivity index (χ4v) is 3.39. The van der Waals surface area contributed by atoms with Crippen molar-refractivity contribution in [3.8, 4) is 11.4 Å². The van der Waals surface area contributed by atoms with Crippen LogP contribution >= 0.6 is 11.3 Å². The van der Waals surface area contributed by atoms with E-state index in [0.717, 1.165) is 17.4 Å². The molecule has 2 heterocycles. The number of ether oxygens (including phenoxy) is 1. The SMILES string of the molecule is NS(=O)(=O)c1cc(C(=O)OCc2nc(-c3ccc(F)cc3)no2)cs1. The Labute approximate surface area is 145 Å². The van der Waals surface area contributed by atoms with Gasteiger partial charge in [-0.3, -0.25) is 0 Å². The van der Waals surface area contributed by atoms with Crippen LogP contribution in [-0.4, -0.2) is 24.5 Å². The number of carbonyl (C=O) groups is 1. The van der Waals surface area contributed by atoms with Crippen molar-refractivity contribution in [1.82, 2.24) is 10.1 Å². The molecule has 0 aliphatic carbocycles. The van der Waals surface area contributed by atoms with Gasteiger partial charge in [0.1, 0.15) is 10.0 Å². The van der Waals surface area contributed by atoms with Gasteiger partial charge >= 0.3 is 5.97 Å². The van der Waals surface area contributed by atoms with Crippen LogP contribution in [0, 0.1) is 5.82 Å². The van der Waals surface area contributed by atoms with E-state index in [1.165, 1.54) is 29.6 Å². The van der Waals surface area contributed by atoms with E-state index in [1.807, 2.05) is 0 Å². The van der Waals surface area contributed by atoms with Crippen molar-refractivity contribution >= 4 is 27.3 Å². The molecule has 0 spiro atoms. The lowest BCUT2D eigenvalue weighted by Gasteiger charge is -1.98. The maximum atomic E-state index is 12.9. The third-order valence-corrected chi connectivity index (χ3v) is 5.38. The van der Waals surface area contributed by atoms with Gasteiger partial charge in [-0.25, -0.2) is 22.7 Å². The number of sulfonamides is 1. The van der Waals surface area contributed by atoms with E-state index in [-0.39, 0.29) is 28.1 Å². The number of carbonyl (C=O) groups excluding carboxylic acids is 1. The third kappa shape index (κ3) is 4.07. The van der Waals surface area contributed by atoms with Gasteiger partial charge in [-0.15, -0.1) is 11.3 Å². The standard InChI is InChI=1S/C14H10FN3O5S2/c15-10-3-1-8(2-4-10)13-17-11(23-18-13)6-22-14(19)9-5-12(24-7-9)25(16,20)21/h1-5,7H,6H2,(H2,16,20,21). The molecule has 0 fully saturated rings. The maximum absolute atomic E-state index is 12.9. The molecule has 11 heteroatoms. The van der Waals surface area contributed by atoms with Crippen molar-refractivity contribution < 1.29 is 26.9 Å². The maximum Gasteiger partial charge on any atom is 0.339 e. The van der Waals surface area contributed by atoms with E-state index in [0.29, 0.717) is 5.56 Å². The molecule has 0 atom stereocenters. The Balaban J connectivity index is 1.65. The normalized spacial score (nSPS) is 11.4. The smallest absolute Gasteiger partial charge is 0.339 e. The van der Waals surface area contributed by atoms with E-state index in [1.54, 1.807) is 0 Å². The summed E-state index contributed by atoms with van der Waals surface area (Å²) in [5, 5.41) is 10.0. The number of halogens is 1. The summed E-state index contributed by atoms with van der Waals surface area (Å²) in [6.07, 6.45) is 0. The molecule has 0 bridgehead atoms. The molecule has 2 aromatic heterocycles. The molecule has 0 radical (unpaired) electrons. The minimum absolute atomic E-state index is 0.0366. The molecule has 130 valence electrons. The van der Waals surface area contributed by atoms with Crippen LogP contribution < -0.4 is 5.14 Å². The lowest BCUT2D eigenvalue weighted by Crippen LogP contribution is -2.10. The third-order valence-electron chi connectivity index (χ3n) is 2.99. The molecule has 3 rings (SSSR count). The molecule has 1 aromatic carbocycles. The first kappa shape index (κ1) is 17.2. The predicted molar refractivity (Wildman–Crippen MR) is 84.5 cm³/mol. The van der Waals surface area contributed by atoms with Gasteiger partial charge in [0.15, 0.2) is 6.61 Å².